The van der Waals surface area contributed by atoms with Crippen molar-refractivity contribution in [3.8, 4) is 0 Å². The second kappa shape index (κ2) is 9.49. The Bertz CT molecular complexity index is 938. The van der Waals surface area contributed by atoms with E-state index in [0.717, 1.165) is 25.2 Å². The van der Waals surface area contributed by atoms with E-state index < -0.39 is 10.5 Å². The fourth-order valence-corrected chi connectivity index (χ4v) is 3.32. The number of aromatic nitrogens is 1. The lowest BCUT2D eigenvalue weighted by Gasteiger charge is -2.35. The second-order valence-electron chi connectivity index (χ2n) is 8.32. The molecule has 9 nitrogen and oxygen atoms in total. The summed E-state index contributed by atoms with van der Waals surface area (Å²) in [5, 5.41) is 14.3. The molecule has 0 radical (unpaired) electrons. The molecule has 10 heteroatoms. The van der Waals surface area contributed by atoms with Gasteiger partial charge in [-0.05, 0) is 44.5 Å². The fraction of sp³-hybridized carbons (Fsp3) is 0.429. The number of halogens is 1. The number of nitro groups is 1. The molecule has 0 bridgehead atoms. The van der Waals surface area contributed by atoms with Gasteiger partial charge in [0.05, 0.1) is 4.92 Å². The summed E-state index contributed by atoms with van der Waals surface area (Å²) in [5.41, 5.74) is 1.14. The van der Waals surface area contributed by atoms with Crippen molar-refractivity contribution in [3.05, 3.63) is 57.2 Å². The van der Waals surface area contributed by atoms with Gasteiger partial charge in [0.1, 0.15) is 10.8 Å². The summed E-state index contributed by atoms with van der Waals surface area (Å²) in [6.45, 7) is 9.10. The van der Waals surface area contributed by atoms with Crippen molar-refractivity contribution < 1.29 is 14.5 Å². The highest BCUT2D eigenvalue weighted by atomic mass is 35.5. The largest absolute Gasteiger partial charge is 0.444 e. The Labute approximate surface area is 186 Å². The maximum Gasteiger partial charge on any atom is 0.410 e. The zero-order chi connectivity index (χ0) is 22.6. The summed E-state index contributed by atoms with van der Waals surface area (Å²) in [5.74, 6) is 0.100. The van der Waals surface area contributed by atoms with E-state index >= 15 is 0 Å². The first-order valence-electron chi connectivity index (χ1n) is 9.98. The van der Waals surface area contributed by atoms with Crippen LogP contribution in [0, 0.1) is 10.1 Å². The smallest absolute Gasteiger partial charge is 0.410 e. The molecule has 2 heterocycles. The molecule has 0 saturated carbocycles. The number of amides is 1. The molecular formula is C21H26ClN5O4. The number of nitrogens with one attached hydrogen (secondary N) is 1. The van der Waals surface area contributed by atoms with Gasteiger partial charge in [-0.25, -0.2) is 9.78 Å². The molecule has 1 aromatic heterocycles. The molecule has 3 rings (SSSR count). The molecular weight excluding hydrogens is 422 g/mol. The summed E-state index contributed by atoms with van der Waals surface area (Å²) in [6, 6.07) is 10.3. The molecule has 1 amide bonds. The highest BCUT2D eigenvalue weighted by molar-refractivity contribution is 6.29. The van der Waals surface area contributed by atoms with Crippen LogP contribution in [0.25, 0.3) is 0 Å². The lowest BCUT2D eigenvalue weighted by Crippen LogP contribution is -2.49. The quantitative estimate of drug-likeness (QED) is 0.410. The summed E-state index contributed by atoms with van der Waals surface area (Å²) in [4.78, 5) is 30.9. The average molecular weight is 448 g/mol. The van der Waals surface area contributed by atoms with Gasteiger partial charge in [0.15, 0.2) is 0 Å². The van der Waals surface area contributed by atoms with Gasteiger partial charge in [0.25, 0.3) is 0 Å². The molecule has 1 aromatic carbocycles. The summed E-state index contributed by atoms with van der Waals surface area (Å²) >= 11 is 5.87. The monoisotopic (exact) mass is 447 g/mol. The summed E-state index contributed by atoms with van der Waals surface area (Å²) < 4.78 is 5.43. The predicted molar refractivity (Wildman–Crippen MR) is 119 cm³/mol. The number of nitrogens with zero attached hydrogens (tertiary/aromatic N) is 4. The van der Waals surface area contributed by atoms with Gasteiger partial charge < -0.3 is 15.0 Å². The standard InChI is InChI=1S/C21H26ClN5O4/c1-21(2,3)31-20(28)26-12-10-25(11-13-26)14-15-4-6-16(7-5-15)23-19-17(27(29)30)8-9-18(22)24-19/h4-9H,10-14H2,1-3H3,(H,23,24). The summed E-state index contributed by atoms with van der Waals surface area (Å²) in [7, 11) is 0. The van der Waals surface area contributed by atoms with E-state index in [9.17, 15) is 14.9 Å². The number of benzene rings is 1. The fourth-order valence-electron chi connectivity index (χ4n) is 3.17. The van der Waals surface area contributed by atoms with E-state index in [-0.39, 0.29) is 22.8 Å². The normalized spacial score (nSPS) is 14.9. The second-order valence-corrected chi connectivity index (χ2v) is 8.71. The van der Waals surface area contributed by atoms with E-state index in [0.29, 0.717) is 18.8 Å². The average Bonchev–Trinajstić information content (AvgIpc) is 2.68. The number of piperazine rings is 1. The predicted octanol–water partition coefficient (Wildman–Crippen LogP) is 4.44. The van der Waals surface area contributed by atoms with Crippen molar-refractivity contribution in [1.29, 1.82) is 0 Å². The number of ether oxygens (including phenoxy) is 1. The van der Waals surface area contributed by atoms with Crippen LogP contribution < -0.4 is 5.32 Å². The van der Waals surface area contributed by atoms with Crippen LogP contribution in [-0.4, -0.2) is 57.6 Å². The number of rotatable bonds is 5. The highest BCUT2D eigenvalue weighted by Crippen LogP contribution is 2.27. The van der Waals surface area contributed by atoms with E-state index in [1.165, 1.54) is 12.1 Å². The van der Waals surface area contributed by atoms with Crippen LogP contribution in [-0.2, 0) is 11.3 Å². The topological polar surface area (TPSA) is 101 Å². The van der Waals surface area contributed by atoms with Crippen LogP contribution in [0.2, 0.25) is 5.15 Å². The first-order valence-corrected chi connectivity index (χ1v) is 10.4. The Morgan fingerprint density at radius 1 is 1.16 bits per heavy atom. The van der Waals surface area contributed by atoms with Gasteiger partial charge >= 0.3 is 11.8 Å². The molecule has 1 aliphatic heterocycles. The van der Waals surface area contributed by atoms with Crippen molar-refractivity contribution in [2.45, 2.75) is 32.9 Å². The molecule has 0 unspecified atom stereocenters. The molecule has 1 N–H and O–H groups in total. The minimum absolute atomic E-state index is 0.100. The molecule has 1 saturated heterocycles. The molecule has 166 valence electrons. The molecule has 0 spiro atoms. The van der Waals surface area contributed by atoms with Crippen LogP contribution in [0.4, 0.5) is 22.0 Å². The maximum absolute atomic E-state index is 12.2. The Morgan fingerprint density at radius 3 is 2.39 bits per heavy atom. The molecule has 0 aliphatic carbocycles. The van der Waals surface area contributed by atoms with E-state index in [1.54, 1.807) is 4.90 Å². The number of hydrogen-bond acceptors (Lipinski definition) is 7. The molecule has 31 heavy (non-hydrogen) atoms. The minimum atomic E-state index is -0.503. The third kappa shape index (κ3) is 6.53. The van der Waals surface area contributed by atoms with Gasteiger partial charge in [0.2, 0.25) is 5.82 Å². The van der Waals surface area contributed by atoms with Crippen LogP contribution >= 0.6 is 11.6 Å². The SMILES string of the molecule is CC(C)(C)OC(=O)N1CCN(Cc2ccc(Nc3nc(Cl)ccc3[N+](=O)[O-])cc2)CC1. The third-order valence-electron chi connectivity index (χ3n) is 4.68. The van der Waals surface area contributed by atoms with Gasteiger partial charge in [-0.3, -0.25) is 15.0 Å². The van der Waals surface area contributed by atoms with Crippen LogP contribution in [0.1, 0.15) is 26.3 Å². The van der Waals surface area contributed by atoms with Crippen molar-refractivity contribution in [2.75, 3.05) is 31.5 Å². The van der Waals surface area contributed by atoms with Gasteiger partial charge in [0, 0.05) is 44.5 Å². The number of pyridine rings is 1. The maximum atomic E-state index is 12.2. The number of hydrogen-bond donors (Lipinski definition) is 1. The lowest BCUT2D eigenvalue weighted by molar-refractivity contribution is -0.384. The van der Waals surface area contributed by atoms with Crippen molar-refractivity contribution >= 4 is 34.9 Å². The molecule has 2 aromatic rings. The van der Waals surface area contributed by atoms with Crippen molar-refractivity contribution in [1.82, 2.24) is 14.8 Å². The van der Waals surface area contributed by atoms with Crippen molar-refractivity contribution in [2.24, 2.45) is 0 Å². The number of carbonyl (C=O) groups is 1. The van der Waals surface area contributed by atoms with Gasteiger partial charge in [-0.1, -0.05) is 23.7 Å². The summed E-state index contributed by atoms with van der Waals surface area (Å²) in [6.07, 6.45) is -0.272. The Morgan fingerprint density at radius 2 is 1.81 bits per heavy atom. The van der Waals surface area contributed by atoms with E-state index in [2.05, 4.69) is 15.2 Å². The Balaban J connectivity index is 1.55. The number of carbonyl (C=O) groups excluding carboxylic acids is 1. The van der Waals surface area contributed by atoms with Crippen LogP contribution in [0.5, 0.6) is 0 Å². The lowest BCUT2D eigenvalue weighted by atomic mass is 10.1. The molecule has 0 atom stereocenters. The van der Waals surface area contributed by atoms with E-state index in [4.69, 9.17) is 16.3 Å². The Hall–Kier alpha value is -2.91. The highest BCUT2D eigenvalue weighted by Gasteiger charge is 2.25. The van der Waals surface area contributed by atoms with Crippen LogP contribution in [0.15, 0.2) is 36.4 Å². The third-order valence-corrected chi connectivity index (χ3v) is 4.89. The number of anilines is 2. The molecule has 1 aliphatic rings. The zero-order valence-electron chi connectivity index (χ0n) is 17.8. The van der Waals surface area contributed by atoms with Gasteiger partial charge in [-0.2, -0.15) is 0 Å². The zero-order valence-corrected chi connectivity index (χ0v) is 18.6. The molecule has 1 fully saturated rings. The van der Waals surface area contributed by atoms with Gasteiger partial charge in [-0.15, -0.1) is 0 Å². The Kier molecular flexibility index (Phi) is 6.97. The first kappa shape index (κ1) is 22.8. The van der Waals surface area contributed by atoms with Crippen LogP contribution in [0.3, 0.4) is 0 Å². The first-order chi connectivity index (χ1) is 14.6. The minimum Gasteiger partial charge on any atom is -0.444 e. The van der Waals surface area contributed by atoms with E-state index in [1.807, 2.05) is 45.0 Å². The van der Waals surface area contributed by atoms with Crippen molar-refractivity contribution in [3.63, 3.8) is 0 Å².